The maximum atomic E-state index is 2.55. The molecule has 5 saturated carbocycles. The maximum absolute atomic E-state index is 2.55. The van der Waals surface area contributed by atoms with E-state index in [1.165, 1.54) is 138 Å². The molecule has 5 aromatic rings. The van der Waals surface area contributed by atoms with Crippen LogP contribution in [0.25, 0.3) is 22.3 Å². The van der Waals surface area contributed by atoms with Crippen LogP contribution in [0.3, 0.4) is 0 Å². The summed E-state index contributed by atoms with van der Waals surface area (Å²) in [5.74, 6) is 3.59. The lowest BCUT2D eigenvalue weighted by molar-refractivity contribution is -0.00518. The zero-order chi connectivity index (χ0) is 35.7. The van der Waals surface area contributed by atoms with Crippen LogP contribution in [0.15, 0.2) is 103 Å². The Bertz CT molecular complexity index is 2210. The first-order valence-corrected chi connectivity index (χ1v) is 21.1. The fourth-order valence-corrected chi connectivity index (χ4v) is 13.4. The van der Waals surface area contributed by atoms with E-state index >= 15 is 0 Å². The normalized spacial score (nSPS) is 26.9. The van der Waals surface area contributed by atoms with Crippen LogP contribution in [-0.4, -0.2) is 0 Å². The number of hydrogen-bond acceptors (Lipinski definition) is 1. The summed E-state index contributed by atoms with van der Waals surface area (Å²) < 4.78 is 0. The first-order valence-electron chi connectivity index (χ1n) is 21.1. The average Bonchev–Trinajstić information content (AvgIpc) is 3.54. The van der Waals surface area contributed by atoms with Gasteiger partial charge in [-0.25, -0.2) is 0 Å². The second-order valence-electron chi connectivity index (χ2n) is 19.4. The lowest BCUT2D eigenvalue weighted by Crippen LogP contribution is -2.48. The highest BCUT2D eigenvalue weighted by Gasteiger charge is 2.51. The summed E-state index contributed by atoms with van der Waals surface area (Å²) in [6, 6.07) is 41.1. The van der Waals surface area contributed by atoms with Crippen molar-refractivity contribution in [3.05, 3.63) is 137 Å². The van der Waals surface area contributed by atoms with Crippen LogP contribution in [-0.2, 0) is 16.2 Å². The molecule has 12 rings (SSSR count). The van der Waals surface area contributed by atoms with Crippen molar-refractivity contribution < 1.29 is 0 Å². The van der Waals surface area contributed by atoms with E-state index in [0.717, 1.165) is 17.8 Å². The van der Waals surface area contributed by atoms with Gasteiger partial charge in [0.15, 0.2) is 0 Å². The molecule has 0 saturated heterocycles. The van der Waals surface area contributed by atoms with E-state index in [2.05, 4.69) is 136 Å². The van der Waals surface area contributed by atoms with E-state index in [1.807, 2.05) is 0 Å². The second-order valence-corrected chi connectivity index (χ2v) is 19.4. The molecule has 0 spiro atoms. The Labute approximate surface area is 317 Å². The van der Waals surface area contributed by atoms with Gasteiger partial charge in [0.2, 0.25) is 0 Å². The van der Waals surface area contributed by atoms with Crippen LogP contribution >= 0.6 is 0 Å². The topological polar surface area (TPSA) is 3.24 Å². The first-order chi connectivity index (χ1) is 25.7. The number of fused-ring (bicyclic) bond motifs is 7. The van der Waals surface area contributed by atoms with Gasteiger partial charge in [0.05, 0.1) is 0 Å². The van der Waals surface area contributed by atoms with Gasteiger partial charge in [0.1, 0.15) is 0 Å². The monoisotopic (exact) mass is 693 g/mol. The summed E-state index contributed by atoms with van der Waals surface area (Å²) in [5.41, 5.74) is 18.8. The van der Waals surface area contributed by atoms with Gasteiger partial charge >= 0.3 is 0 Å². The highest BCUT2D eigenvalue weighted by Crippen LogP contribution is 2.62. The molecule has 1 nitrogen and oxygen atoms in total. The molecule has 0 amide bonds. The van der Waals surface area contributed by atoms with Crippen molar-refractivity contribution in [3.63, 3.8) is 0 Å². The standard InChI is InChI=1S/C52H55N/c1-50(2)46-25-24-43-42-12-8-9-13-45(42)51(3,4)49(43)48(46)44-23-22-41(29-47(44)50)53(39-18-14-37(15-19-39)36-10-6-5-7-11-36)40-20-16-38(17-21-40)52-30-33-26-34(31-52)28-35(27-33)32-52/h8-9,12-25,29,33-36H,5-7,10-11,26-28,30-32H2,1-4H3. The molecule has 268 valence electrons. The minimum absolute atomic E-state index is 0.0435. The first kappa shape index (κ1) is 32.3. The molecule has 53 heavy (non-hydrogen) atoms. The molecular weight excluding hydrogens is 639 g/mol. The largest absolute Gasteiger partial charge is 0.310 e. The summed E-state index contributed by atoms with van der Waals surface area (Å²) in [5, 5.41) is 0. The quantitative estimate of drug-likeness (QED) is 0.177. The Hall–Kier alpha value is -4.10. The minimum atomic E-state index is -0.0978. The number of hydrogen-bond donors (Lipinski definition) is 0. The van der Waals surface area contributed by atoms with Gasteiger partial charge in [0.25, 0.3) is 0 Å². The van der Waals surface area contributed by atoms with E-state index in [-0.39, 0.29) is 10.8 Å². The van der Waals surface area contributed by atoms with Crippen LogP contribution in [0.1, 0.15) is 138 Å². The van der Waals surface area contributed by atoms with Gasteiger partial charge in [-0.1, -0.05) is 114 Å². The minimum Gasteiger partial charge on any atom is -0.310 e. The number of rotatable bonds is 5. The van der Waals surface area contributed by atoms with Gasteiger partial charge in [-0.15, -0.1) is 0 Å². The summed E-state index contributed by atoms with van der Waals surface area (Å²) in [6.07, 6.45) is 15.5. The highest BCUT2D eigenvalue weighted by molar-refractivity contribution is 5.95. The molecule has 5 fully saturated rings. The number of benzene rings is 5. The molecule has 0 atom stereocenters. The Morgan fingerprint density at radius 3 is 1.79 bits per heavy atom. The average molecular weight is 694 g/mol. The van der Waals surface area contributed by atoms with Gasteiger partial charge < -0.3 is 4.90 Å². The molecular formula is C52H55N. The van der Waals surface area contributed by atoms with Crippen molar-refractivity contribution in [1.82, 2.24) is 0 Å². The highest BCUT2D eigenvalue weighted by atomic mass is 15.1. The SMILES string of the molecule is CC1(C)c2cc(N(c3ccc(C4CCCCC4)cc3)c3ccc(C45CC6CC(CC(C6)C4)C5)cc3)ccc2-c2c1ccc1c2C(C)(C)c2ccccc2-1. The van der Waals surface area contributed by atoms with Gasteiger partial charge in [-0.2, -0.15) is 0 Å². The van der Waals surface area contributed by atoms with Crippen molar-refractivity contribution in [2.24, 2.45) is 17.8 Å². The van der Waals surface area contributed by atoms with Gasteiger partial charge in [-0.3, -0.25) is 0 Å². The zero-order valence-electron chi connectivity index (χ0n) is 32.3. The van der Waals surface area contributed by atoms with E-state index < -0.39 is 0 Å². The van der Waals surface area contributed by atoms with Crippen LogP contribution in [0.4, 0.5) is 17.1 Å². The number of anilines is 3. The molecule has 7 aliphatic rings. The third kappa shape index (κ3) is 4.74. The third-order valence-corrected chi connectivity index (χ3v) is 15.6. The predicted molar refractivity (Wildman–Crippen MR) is 222 cm³/mol. The van der Waals surface area contributed by atoms with Crippen molar-refractivity contribution in [3.8, 4) is 22.3 Å². The lowest BCUT2D eigenvalue weighted by Gasteiger charge is -2.57. The molecule has 1 heteroatoms. The molecule has 0 radical (unpaired) electrons. The summed E-state index contributed by atoms with van der Waals surface area (Å²) >= 11 is 0. The van der Waals surface area contributed by atoms with Crippen molar-refractivity contribution in [2.75, 3.05) is 4.90 Å². The Morgan fingerprint density at radius 2 is 1.11 bits per heavy atom. The fourth-order valence-electron chi connectivity index (χ4n) is 13.4. The predicted octanol–water partition coefficient (Wildman–Crippen LogP) is 14.3. The second kappa shape index (κ2) is 11.5. The Balaban J connectivity index is 1.02. The number of nitrogens with zero attached hydrogens (tertiary/aromatic N) is 1. The van der Waals surface area contributed by atoms with E-state index in [0.29, 0.717) is 11.3 Å². The van der Waals surface area contributed by atoms with Crippen molar-refractivity contribution in [1.29, 1.82) is 0 Å². The Morgan fingerprint density at radius 1 is 0.509 bits per heavy atom. The van der Waals surface area contributed by atoms with Gasteiger partial charge in [-0.05, 0) is 172 Å². The van der Waals surface area contributed by atoms with E-state index in [1.54, 1.807) is 5.56 Å². The van der Waals surface area contributed by atoms with Crippen LogP contribution in [0, 0.1) is 17.8 Å². The van der Waals surface area contributed by atoms with E-state index in [9.17, 15) is 0 Å². The molecule has 5 aromatic carbocycles. The molecule has 0 heterocycles. The summed E-state index contributed by atoms with van der Waals surface area (Å²) in [4.78, 5) is 2.55. The molecule has 0 unspecified atom stereocenters. The summed E-state index contributed by atoms with van der Waals surface area (Å²) in [6.45, 7) is 9.77. The molecule has 0 N–H and O–H groups in total. The Kier molecular flexibility index (Phi) is 6.99. The molecule has 0 aromatic heterocycles. The molecule has 0 aliphatic heterocycles. The maximum Gasteiger partial charge on any atom is 0.0465 e. The van der Waals surface area contributed by atoms with Crippen LogP contribution in [0.5, 0.6) is 0 Å². The fraction of sp³-hybridized carbons (Fsp3) is 0.423. The van der Waals surface area contributed by atoms with Crippen LogP contribution < -0.4 is 4.90 Å². The summed E-state index contributed by atoms with van der Waals surface area (Å²) in [7, 11) is 0. The molecule has 7 aliphatic carbocycles. The lowest BCUT2D eigenvalue weighted by atomic mass is 9.48. The third-order valence-electron chi connectivity index (χ3n) is 15.6. The van der Waals surface area contributed by atoms with Crippen LogP contribution in [0.2, 0.25) is 0 Å². The smallest absolute Gasteiger partial charge is 0.0465 e. The van der Waals surface area contributed by atoms with Gasteiger partial charge in [0, 0.05) is 27.9 Å². The van der Waals surface area contributed by atoms with Crippen molar-refractivity contribution in [2.45, 2.75) is 120 Å². The molecule has 4 bridgehead atoms. The van der Waals surface area contributed by atoms with Crippen molar-refractivity contribution >= 4 is 17.1 Å². The zero-order valence-corrected chi connectivity index (χ0v) is 32.3. The van der Waals surface area contributed by atoms with E-state index in [4.69, 9.17) is 0 Å².